The van der Waals surface area contributed by atoms with Crippen molar-refractivity contribution in [3.8, 4) is 5.75 Å². The highest BCUT2D eigenvalue weighted by atomic mass is 16.6. The van der Waals surface area contributed by atoms with Gasteiger partial charge in [-0.3, -0.25) is 4.79 Å². The fourth-order valence-electron chi connectivity index (χ4n) is 3.39. The number of methoxy groups -OCH3 is 1. The second-order valence-corrected chi connectivity index (χ2v) is 7.11. The van der Waals surface area contributed by atoms with Crippen LogP contribution >= 0.6 is 0 Å². The van der Waals surface area contributed by atoms with Gasteiger partial charge in [-0.2, -0.15) is 5.10 Å². The Bertz CT molecular complexity index is 1090. The van der Waals surface area contributed by atoms with Crippen LogP contribution in [0, 0.1) is 6.92 Å². The van der Waals surface area contributed by atoms with Gasteiger partial charge in [0.1, 0.15) is 17.6 Å². The molecule has 4 rings (SSSR count). The summed E-state index contributed by atoms with van der Waals surface area (Å²) in [7, 11) is 1.62. The van der Waals surface area contributed by atoms with Gasteiger partial charge in [-0.1, -0.05) is 29.4 Å². The molecule has 31 heavy (non-hydrogen) atoms. The molecule has 1 aliphatic heterocycles. The molecule has 7 heteroatoms. The van der Waals surface area contributed by atoms with Crippen LogP contribution in [0.2, 0.25) is 0 Å². The van der Waals surface area contributed by atoms with Gasteiger partial charge in [0.15, 0.2) is 6.61 Å². The average Bonchev–Trinajstić information content (AvgIpc) is 3.48. The standard InChI is InChI=1S/C24H23N3O4/c1-17-6-3-4-7-19(17)15-25-31-16-24(28)27-22(23-8-5-13-30-23)14-21(26-27)18-9-11-20(29-2)12-10-18/h3-13,15,22H,14,16H2,1-2H3/b25-15+. The Kier molecular flexibility index (Phi) is 6.12. The normalized spacial score (nSPS) is 15.9. The molecule has 0 spiro atoms. The van der Waals surface area contributed by atoms with Crippen molar-refractivity contribution in [1.29, 1.82) is 0 Å². The number of hydrogen-bond acceptors (Lipinski definition) is 6. The first-order chi connectivity index (χ1) is 15.2. The molecule has 1 amide bonds. The number of hydrazone groups is 1. The Morgan fingerprint density at radius 1 is 1.19 bits per heavy atom. The van der Waals surface area contributed by atoms with Crippen molar-refractivity contribution in [1.82, 2.24) is 5.01 Å². The zero-order valence-electron chi connectivity index (χ0n) is 17.4. The molecule has 0 saturated heterocycles. The summed E-state index contributed by atoms with van der Waals surface area (Å²) in [5.74, 6) is 1.13. The van der Waals surface area contributed by atoms with Crippen LogP contribution in [0.25, 0.3) is 0 Å². The Balaban J connectivity index is 1.47. The second kappa shape index (κ2) is 9.30. The molecule has 0 bridgehead atoms. The summed E-state index contributed by atoms with van der Waals surface area (Å²) in [6.07, 6.45) is 3.73. The summed E-state index contributed by atoms with van der Waals surface area (Å²) < 4.78 is 10.8. The van der Waals surface area contributed by atoms with Crippen LogP contribution in [0.5, 0.6) is 5.75 Å². The van der Waals surface area contributed by atoms with Gasteiger partial charge in [-0.25, -0.2) is 5.01 Å². The highest BCUT2D eigenvalue weighted by Crippen LogP contribution is 2.33. The predicted octanol–water partition coefficient (Wildman–Crippen LogP) is 4.33. The molecule has 1 aromatic heterocycles. The van der Waals surface area contributed by atoms with E-state index in [1.54, 1.807) is 25.7 Å². The lowest BCUT2D eigenvalue weighted by atomic mass is 10.0. The third-order valence-electron chi connectivity index (χ3n) is 5.10. The number of aryl methyl sites for hydroxylation is 1. The topological polar surface area (TPSA) is 76.6 Å². The van der Waals surface area contributed by atoms with Crippen molar-refractivity contribution >= 4 is 17.8 Å². The molecule has 0 saturated carbocycles. The number of benzene rings is 2. The molecule has 3 aromatic rings. The van der Waals surface area contributed by atoms with Crippen LogP contribution in [0.3, 0.4) is 0 Å². The van der Waals surface area contributed by atoms with E-state index < -0.39 is 0 Å². The second-order valence-electron chi connectivity index (χ2n) is 7.11. The maximum atomic E-state index is 12.9. The van der Waals surface area contributed by atoms with Crippen molar-refractivity contribution in [3.63, 3.8) is 0 Å². The van der Waals surface area contributed by atoms with Gasteiger partial charge < -0.3 is 14.0 Å². The van der Waals surface area contributed by atoms with E-state index in [4.69, 9.17) is 14.0 Å². The lowest BCUT2D eigenvalue weighted by Crippen LogP contribution is -2.29. The Morgan fingerprint density at radius 2 is 2.00 bits per heavy atom. The Hall–Kier alpha value is -3.87. The Morgan fingerprint density at radius 3 is 2.71 bits per heavy atom. The summed E-state index contributed by atoms with van der Waals surface area (Å²) in [4.78, 5) is 18.1. The molecule has 0 aliphatic carbocycles. The van der Waals surface area contributed by atoms with Gasteiger partial charge in [-0.15, -0.1) is 0 Å². The van der Waals surface area contributed by atoms with Crippen molar-refractivity contribution in [2.45, 2.75) is 19.4 Å². The van der Waals surface area contributed by atoms with Crippen LogP contribution in [0.15, 0.2) is 81.6 Å². The number of oxime groups is 1. The maximum absolute atomic E-state index is 12.9. The zero-order valence-corrected chi connectivity index (χ0v) is 17.4. The summed E-state index contributed by atoms with van der Waals surface area (Å²) in [6, 6.07) is 18.7. The molecule has 7 nitrogen and oxygen atoms in total. The first-order valence-corrected chi connectivity index (χ1v) is 9.94. The van der Waals surface area contributed by atoms with Crippen LogP contribution in [0.4, 0.5) is 0 Å². The first-order valence-electron chi connectivity index (χ1n) is 9.94. The van der Waals surface area contributed by atoms with E-state index in [9.17, 15) is 4.79 Å². The van der Waals surface area contributed by atoms with Gasteiger partial charge in [0, 0.05) is 6.42 Å². The quantitative estimate of drug-likeness (QED) is 0.424. The first kappa shape index (κ1) is 20.4. The third-order valence-corrected chi connectivity index (χ3v) is 5.10. The predicted molar refractivity (Wildman–Crippen MR) is 117 cm³/mol. The summed E-state index contributed by atoms with van der Waals surface area (Å²) in [5, 5.41) is 9.93. The summed E-state index contributed by atoms with van der Waals surface area (Å²) in [6.45, 7) is 1.76. The summed E-state index contributed by atoms with van der Waals surface area (Å²) >= 11 is 0. The molecular weight excluding hydrogens is 394 g/mol. The monoisotopic (exact) mass is 417 g/mol. The number of nitrogens with zero attached hydrogens (tertiary/aromatic N) is 3. The van der Waals surface area contributed by atoms with E-state index in [0.29, 0.717) is 12.2 Å². The smallest absolute Gasteiger partial charge is 0.284 e. The van der Waals surface area contributed by atoms with Crippen LogP contribution in [-0.2, 0) is 9.63 Å². The zero-order chi connectivity index (χ0) is 21.6. The average molecular weight is 417 g/mol. The van der Waals surface area contributed by atoms with Gasteiger partial charge in [0.2, 0.25) is 0 Å². The van der Waals surface area contributed by atoms with Crippen molar-refractivity contribution in [2.75, 3.05) is 13.7 Å². The molecular formula is C24H23N3O4. The van der Waals surface area contributed by atoms with Crippen LogP contribution in [0.1, 0.15) is 34.9 Å². The van der Waals surface area contributed by atoms with E-state index in [-0.39, 0.29) is 18.6 Å². The minimum absolute atomic E-state index is 0.223. The van der Waals surface area contributed by atoms with E-state index >= 15 is 0 Å². The minimum atomic E-state index is -0.330. The SMILES string of the molecule is COc1ccc(C2=NN(C(=O)CO/N=C/c3ccccc3C)C(c3ccco3)C2)cc1. The molecule has 2 aromatic carbocycles. The molecule has 1 atom stereocenters. The fraction of sp³-hybridized carbons (Fsp3) is 0.208. The van der Waals surface area contributed by atoms with E-state index in [1.807, 2.05) is 61.5 Å². The number of carbonyl (C=O) groups excluding carboxylic acids is 1. The van der Waals surface area contributed by atoms with Crippen molar-refractivity contribution in [3.05, 3.63) is 89.4 Å². The lowest BCUT2D eigenvalue weighted by molar-refractivity contribution is -0.138. The molecule has 0 N–H and O–H groups in total. The minimum Gasteiger partial charge on any atom is -0.497 e. The number of ether oxygens (including phenoxy) is 1. The number of amides is 1. The van der Waals surface area contributed by atoms with E-state index in [2.05, 4.69) is 10.3 Å². The number of hydrogen-bond donors (Lipinski definition) is 0. The largest absolute Gasteiger partial charge is 0.497 e. The molecule has 0 fully saturated rings. The number of rotatable bonds is 7. The van der Waals surface area contributed by atoms with E-state index in [0.717, 1.165) is 28.2 Å². The maximum Gasteiger partial charge on any atom is 0.284 e. The van der Waals surface area contributed by atoms with Gasteiger partial charge >= 0.3 is 0 Å². The molecule has 1 aliphatic rings. The van der Waals surface area contributed by atoms with Gasteiger partial charge in [0.05, 0.1) is 25.3 Å². The van der Waals surface area contributed by atoms with Gasteiger partial charge in [-0.05, 0) is 60.0 Å². The molecule has 1 unspecified atom stereocenters. The molecule has 0 radical (unpaired) electrons. The molecule has 2 heterocycles. The molecule has 158 valence electrons. The number of furan rings is 1. The van der Waals surface area contributed by atoms with Crippen molar-refractivity contribution < 1.29 is 18.8 Å². The summed E-state index contributed by atoms with van der Waals surface area (Å²) in [5.41, 5.74) is 3.73. The number of carbonyl (C=O) groups is 1. The van der Waals surface area contributed by atoms with Crippen molar-refractivity contribution in [2.24, 2.45) is 10.3 Å². The highest BCUT2D eigenvalue weighted by molar-refractivity contribution is 6.03. The highest BCUT2D eigenvalue weighted by Gasteiger charge is 2.35. The van der Waals surface area contributed by atoms with Crippen LogP contribution in [-0.4, -0.2) is 36.6 Å². The van der Waals surface area contributed by atoms with Crippen LogP contribution < -0.4 is 4.74 Å². The van der Waals surface area contributed by atoms with Gasteiger partial charge in [0.25, 0.3) is 5.91 Å². The van der Waals surface area contributed by atoms with E-state index in [1.165, 1.54) is 5.01 Å². The lowest BCUT2D eigenvalue weighted by Gasteiger charge is -2.19. The third kappa shape index (κ3) is 4.66. The Labute approximate surface area is 180 Å². The fourth-order valence-corrected chi connectivity index (χ4v) is 3.39.